The molecule has 188 valence electrons. The predicted octanol–water partition coefficient (Wildman–Crippen LogP) is 4.15. The first kappa shape index (κ1) is 23.8. The summed E-state index contributed by atoms with van der Waals surface area (Å²) in [5, 5.41) is 24.7. The Hall–Kier alpha value is -1.89. The maximum atomic E-state index is 12.4. The van der Waals surface area contributed by atoms with Gasteiger partial charge in [0.15, 0.2) is 6.61 Å². The Morgan fingerprint density at radius 1 is 1.09 bits per heavy atom. The van der Waals surface area contributed by atoms with E-state index in [-0.39, 0.29) is 23.3 Å². The van der Waals surface area contributed by atoms with Gasteiger partial charge in [-0.25, -0.2) is 4.79 Å². The van der Waals surface area contributed by atoms with Crippen molar-refractivity contribution in [2.24, 2.45) is 33.7 Å². The van der Waals surface area contributed by atoms with Gasteiger partial charge in [-0.15, -0.1) is 0 Å². The summed E-state index contributed by atoms with van der Waals surface area (Å²) in [6.07, 6.45) is 11.9. The number of allylic oxidation sites excluding steroid dienone is 2. The first-order valence-electron chi connectivity index (χ1n) is 13.2. The zero-order valence-corrected chi connectivity index (χ0v) is 20.9. The highest BCUT2D eigenvalue weighted by molar-refractivity contribution is 5.96. The van der Waals surface area contributed by atoms with E-state index in [2.05, 4.69) is 32.0 Å². The zero-order valence-electron chi connectivity index (χ0n) is 20.9. The molecule has 2 N–H and O–H groups in total. The molecule has 0 spiro atoms. The molecular weight excluding hydrogens is 432 g/mol. The number of carbonyl (C=O) groups excluding carboxylic acids is 1. The molecule has 1 heterocycles. The Morgan fingerprint density at radius 3 is 2.62 bits per heavy atom. The molecule has 0 bridgehead atoms. The van der Waals surface area contributed by atoms with E-state index in [0.717, 1.165) is 44.2 Å². The zero-order chi connectivity index (χ0) is 24.3. The molecule has 5 aliphatic rings. The first-order valence-corrected chi connectivity index (χ1v) is 13.2. The fourth-order valence-electron chi connectivity index (χ4n) is 8.46. The van der Waals surface area contributed by atoms with E-state index in [0.29, 0.717) is 37.1 Å². The SMILES string of the molecule is CC12CCC(=NOCC(=O)N3CCCC3C(=O)O)C=C1CCC1C2CCC2(C)C1CCC2(C)O. The number of fused-ring (bicyclic) bond motifs is 5. The van der Waals surface area contributed by atoms with Gasteiger partial charge in [-0.05, 0) is 106 Å². The van der Waals surface area contributed by atoms with Gasteiger partial charge in [0, 0.05) is 6.54 Å². The lowest BCUT2D eigenvalue weighted by molar-refractivity contribution is -0.150. The van der Waals surface area contributed by atoms with Crippen LogP contribution in [0.1, 0.15) is 85.0 Å². The predicted molar refractivity (Wildman–Crippen MR) is 128 cm³/mol. The van der Waals surface area contributed by atoms with E-state index in [9.17, 15) is 19.8 Å². The summed E-state index contributed by atoms with van der Waals surface area (Å²) < 4.78 is 0. The van der Waals surface area contributed by atoms with Crippen molar-refractivity contribution in [1.29, 1.82) is 0 Å². The molecule has 1 aliphatic heterocycles. The van der Waals surface area contributed by atoms with Crippen LogP contribution in [-0.2, 0) is 14.4 Å². The van der Waals surface area contributed by atoms with Crippen LogP contribution in [-0.4, -0.2) is 57.5 Å². The van der Waals surface area contributed by atoms with E-state index in [1.54, 1.807) is 0 Å². The Morgan fingerprint density at radius 2 is 1.85 bits per heavy atom. The van der Waals surface area contributed by atoms with Crippen LogP contribution in [0.15, 0.2) is 16.8 Å². The fraction of sp³-hybridized carbons (Fsp3) is 0.815. The topological polar surface area (TPSA) is 99.4 Å². The summed E-state index contributed by atoms with van der Waals surface area (Å²) >= 11 is 0. The number of aliphatic carboxylic acids is 1. The lowest BCUT2D eigenvalue weighted by Crippen LogP contribution is -2.53. The van der Waals surface area contributed by atoms with Crippen LogP contribution < -0.4 is 0 Å². The number of hydrogen-bond acceptors (Lipinski definition) is 5. The minimum Gasteiger partial charge on any atom is -0.480 e. The molecule has 0 aromatic carbocycles. The lowest BCUT2D eigenvalue weighted by atomic mass is 9.46. The standard InChI is InChI=1S/C27H40N2O5/c1-25-11-8-18(28-34-16-23(30)29-14-4-5-22(29)24(31)32)15-17(25)6-7-19-20(25)9-12-26(2)21(19)10-13-27(26,3)33/h15,19-22,33H,4-14,16H2,1-3H3,(H,31,32). The molecule has 4 aliphatic carbocycles. The summed E-state index contributed by atoms with van der Waals surface area (Å²) in [5.74, 6) is 0.704. The number of nitrogens with zero attached hydrogens (tertiary/aromatic N) is 2. The smallest absolute Gasteiger partial charge is 0.326 e. The molecule has 3 saturated carbocycles. The number of carboxylic acids is 1. The average Bonchev–Trinajstić information content (AvgIpc) is 3.37. The molecule has 0 aromatic heterocycles. The van der Waals surface area contributed by atoms with Crippen molar-refractivity contribution in [3.05, 3.63) is 11.6 Å². The monoisotopic (exact) mass is 472 g/mol. The van der Waals surface area contributed by atoms with E-state index in [4.69, 9.17) is 4.84 Å². The summed E-state index contributed by atoms with van der Waals surface area (Å²) in [7, 11) is 0. The third-order valence-corrected chi connectivity index (χ3v) is 10.8. The van der Waals surface area contributed by atoms with E-state index in [1.807, 2.05) is 0 Å². The number of rotatable bonds is 4. The molecule has 34 heavy (non-hydrogen) atoms. The van der Waals surface area contributed by atoms with Crippen molar-refractivity contribution in [2.75, 3.05) is 13.2 Å². The summed E-state index contributed by atoms with van der Waals surface area (Å²) in [4.78, 5) is 30.6. The quantitative estimate of drug-likeness (QED) is 0.599. The van der Waals surface area contributed by atoms with Gasteiger partial charge in [-0.1, -0.05) is 24.6 Å². The molecule has 1 amide bonds. The second-order valence-electron chi connectivity index (χ2n) is 12.2. The van der Waals surface area contributed by atoms with Crippen LogP contribution in [0.5, 0.6) is 0 Å². The minimum atomic E-state index is -0.951. The van der Waals surface area contributed by atoms with Gasteiger partial charge in [0.25, 0.3) is 5.91 Å². The summed E-state index contributed by atoms with van der Waals surface area (Å²) in [5.41, 5.74) is 2.03. The highest BCUT2D eigenvalue weighted by Gasteiger charge is 2.62. The summed E-state index contributed by atoms with van der Waals surface area (Å²) in [6.45, 7) is 7.09. The molecule has 4 fully saturated rings. The fourth-order valence-corrected chi connectivity index (χ4v) is 8.46. The maximum Gasteiger partial charge on any atom is 0.326 e. The van der Waals surface area contributed by atoms with E-state index < -0.39 is 17.6 Å². The molecule has 7 unspecified atom stereocenters. The van der Waals surface area contributed by atoms with Crippen LogP contribution >= 0.6 is 0 Å². The third-order valence-electron chi connectivity index (χ3n) is 10.8. The molecule has 5 rings (SSSR count). The van der Waals surface area contributed by atoms with Crippen LogP contribution in [0.2, 0.25) is 0 Å². The Balaban J connectivity index is 1.25. The molecule has 0 aromatic rings. The van der Waals surface area contributed by atoms with E-state index >= 15 is 0 Å². The van der Waals surface area contributed by atoms with Gasteiger partial charge in [0.2, 0.25) is 0 Å². The second kappa shape index (κ2) is 8.35. The van der Waals surface area contributed by atoms with Gasteiger partial charge in [0.1, 0.15) is 6.04 Å². The molecule has 7 atom stereocenters. The molecular formula is C27H40N2O5. The summed E-state index contributed by atoms with van der Waals surface area (Å²) in [6, 6.07) is -0.739. The minimum absolute atomic E-state index is 0.0440. The Labute approximate surface area is 202 Å². The number of hydrogen-bond donors (Lipinski definition) is 2. The Bertz CT molecular complexity index is 926. The highest BCUT2D eigenvalue weighted by atomic mass is 16.6. The van der Waals surface area contributed by atoms with Crippen molar-refractivity contribution in [2.45, 2.75) is 96.6 Å². The average molecular weight is 473 g/mol. The number of carboxylic acid groups (broad SMARTS) is 1. The van der Waals surface area contributed by atoms with Crippen molar-refractivity contribution in [3.63, 3.8) is 0 Å². The van der Waals surface area contributed by atoms with Crippen molar-refractivity contribution in [3.8, 4) is 0 Å². The maximum absolute atomic E-state index is 12.4. The Kier molecular flexibility index (Phi) is 5.85. The second-order valence-corrected chi connectivity index (χ2v) is 12.2. The lowest BCUT2D eigenvalue weighted by Gasteiger charge is -2.59. The number of likely N-dealkylation sites (tertiary alicyclic amines) is 1. The van der Waals surface area contributed by atoms with Gasteiger partial charge in [-0.2, -0.15) is 0 Å². The van der Waals surface area contributed by atoms with Crippen molar-refractivity contribution in [1.82, 2.24) is 4.90 Å². The molecule has 0 radical (unpaired) electrons. The van der Waals surface area contributed by atoms with Gasteiger partial charge < -0.3 is 20.0 Å². The number of carbonyl (C=O) groups is 2. The molecule has 1 saturated heterocycles. The number of aliphatic hydroxyl groups is 1. The van der Waals surface area contributed by atoms with Crippen LogP contribution in [0.25, 0.3) is 0 Å². The van der Waals surface area contributed by atoms with Gasteiger partial charge >= 0.3 is 5.97 Å². The van der Waals surface area contributed by atoms with Crippen LogP contribution in [0, 0.1) is 28.6 Å². The van der Waals surface area contributed by atoms with Crippen molar-refractivity contribution >= 4 is 17.6 Å². The molecule has 7 heteroatoms. The van der Waals surface area contributed by atoms with Crippen molar-refractivity contribution < 1.29 is 24.6 Å². The largest absolute Gasteiger partial charge is 0.480 e. The van der Waals surface area contributed by atoms with Gasteiger partial charge in [-0.3, -0.25) is 4.79 Å². The van der Waals surface area contributed by atoms with Crippen LogP contribution in [0.4, 0.5) is 0 Å². The molecule has 7 nitrogen and oxygen atoms in total. The normalized spacial score (nSPS) is 44.8. The number of amides is 1. The van der Waals surface area contributed by atoms with Gasteiger partial charge in [0.05, 0.1) is 11.3 Å². The third kappa shape index (κ3) is 3.61. The highest BCUT2D eigenvalue weighted by Crippen LogP contribution is 2.67. The van der Waals surface area contributed by atoms with E-state index in [1.165, 1.54) is 23.3 Å². The number of oxime groups is 1. The van der Waals surface area contributed by atoms with Crippen LogP contribution in [0.3, 0.4) is 0 Å². The first-order chi connectivity index (χ1) is 16.1.